The van der Waals surface area contributed by atoms with Gasteiger partial charge in [-0.05, 0) is 29.8 Å². The third-order valence-corrected chi connectivity index (χ3v) is 3.25. The number of methoxy groups -OCH3 is 1. The van der Waals surface area contributed by atoms with Gasteiger partial charge in [-0.3, -0.25) is 9.59 Å². The second-order valence-electron chi connectivity index (χ2n) is 4.47. The van der Waals surface area contributed by atoms with Crippen LogP contribution in [0, 0.1) is 0 Å². The Hall–Kier alpha value is -2.53. The molecule has 0 atom stereocenters. The van der Waals surface area contributed by atoms with Gasteiger partial charge in [0, 0.05) is 6.54 Å². The topological polar surface area (TPSA) is 67.4 Å². The van der Waals surface area contributed by atoms with Gasteiger partial charge in [0.15, 0.2) is 0 Å². The minimum Gasteiger partial charge on any atom is -0.497 e. The van der Waals surface area contributed by atoms with Crippen LogP contribution in [0.15, 0.2) is 48.5 Å². The first-order chi connectivity index (χ1) is 10.6. The van der Waals surface area contributed by atoms with Gasteiger partial charge in [-0.25, -0.2) is 0 Å². The Morgan fingerprint density at radius 2 is 1.86 bits per heavy atom. The number of halogens is 1. The Kier molecular flexibility index (Phi) is 5.38. The minimum absolute atomic E-state index is 0.228. The highest BCUT2D eigenvalue weighted by Gasteiger charge is 2.14. The maximum atomic E-state index is 11.8. The van der Waals surface area contributed by atoms with Crippen LogP contribution in [0.2, 0.25) is 5.02 Å². The van der Waals surface area contributed by atoms with Gasteiger partial charge in [-0.15, -0.1) is 0 Å². The van der Waals surface area contributed by atoms with E-state index in [2.05, 4.69) is 10.6 Å². The van der Waals surface area contributed by atoms with Crippen molar-refractivity contribution in [3.05, 3.63) is 59.1 Å². The van der Waals surface area contributed by atoms with E-state index in [1.165, 1.54) is 0 Å². The van der Waals surface area contributed by atoms with E-state index in [1.54, 1.807) is 43.5 Å². The summed E-state index contributed by atoms with van der Waals surface area (Å²) in [6.07, 6.45) is 0. The van der Waals surface area contributed by atoms with Crippen LogP contribution in [0.1, 0.15) is 5.56 Å². The first kappa shape index (κ1) is 15.9. The number of amides is 2. The van der Waals surface area contributed by atoms with Crippen molar-refractivity contribution in [2.75, 3.05) is 12.4 Å². The molecule has 0 aromatic heterocycles. The third-order valence-electron chi connectivity index (χ3n) is 2.92. The maximum absolute atomic E-state index is 11.8. The van der Waals surface area contributed by atoms with E-state index in [-0.39, 0.29) is 6.54 Å². The Morgan fingerprint density at radius 1 is 1.09 bits per heavy atom. The van der Waals surface area contributed by atoms with Gasteiger partial charge in [0.25, 0.3) is 0 Å². The van der Waals surface area contributed by atoms with Gasteiger partial charge in [0.1, 0.15) is 5.75 Å². The molecule has 0 saturated carbocycles. The van der Waals surface area contributed by atoms with Gasteiger partial charge < -0.3 is 15.4 Å². The molecule has 0 aliphatic rings. The van der Waals surface area contributed by atoms with Gasteiger partial charge in [0.05, 0.1) is 17.8 Å². The zero-order valence-electron chi connectivity index (χ0n) is 11.9. The smallest absolute Gasteiger partial charge is 0.313 e. The lowest BCUT2D eigenvalue weighted by Crippen LogP contribution is -2.35. The molecular formula is C16H15ClN2O3. The fourth-order valence-electron chi connectivity index (χ4n) is 1.79. The normalized spacial score (nSPS) is 9.91. The monoisotopic (exact) mass is 318 g/mol. The van der Waals surface area contributed by atoms with Gasteiger partial charge in [-0.1, -0.05) is 35.9 Å². The lowest BCUT2D eigenvalue weighted by molar-refractivity contribution is -0.136. The first-order valence-corrected chi connectivity index (χ1v) is 6.94. The number of anilines is 1. The number of nitrogens with one attached hydrogen (secondary N) is 2. The molecule has 0 fully saturated rings. The zero-order chi connectivity index (χ0) is 15.9. The predicted octanol–water partition coefficient (Wildman–Crippen LogP) is 2.60. The van der Waals surface area contributed by atoms with E-state index in [1.807, 2.05) is 12.1 Å². The highest BCUT2D eigenvalue weighted by atomic mass is 35.5. The van der Waals surface area contributed by atoms with Crippen molar-refractivity contribution in [1.82, 2.24) is 5.32 Å². The van der Waals surface area contributed by atoms with E-state index in [0.29, 0.717) is 16.5 Å². The average molecular weight is 319 g/mol. The highest BCUT2D eigenvalue weighted by Crippen LogP contribution is 2.20. The molecule has 0 unspecified atom stereocenters. The van der Waals surface area contributed by atoms with Gasteiger partial charge in [-0.2, -0.15) is 0 Å². The van der Waals surface area contributed by atoms with Crippen LogP contribution in [0.5, 0.6) is 5.75 Å². The van der Waals surface area contributed by atoms with Crippen LogP contribution in [-0.4, -0.2) is 18.9 Å². The van der Waals surface area contributed by atoms with Gasteiger partial charge in [0.2, 0.25) is 0 Å². The summed E-state index contributed by atoms with van der Waals surface area (Å²) in [5.74, 6) is -0.814. The average Bonchev–Trinajstić information content (AvgIpc) is 2.54. The molecule has 2 aromatic carbocycles. The minimum atomic E-state index is -0.768. The molecule has 114 valence electrons. The Balaban J connectivity index is 1.91. The summed E-state index contributed by atoms with van der Waals surface area (Å²) >= 11 is 5.92. The summed E-state index contributed by atoms with van der Waals surface area (Å²) in [5.41, 5.74) is 1.23. The van der Waals surface area contributed by atoms with Crippen LogP contribution >= 0.6 is 11.6 Å². The summed E-state index contributed by atoms with van der Waals surface area (Å²) in [6.45, 7) is 0.228. The van der Waals surface area contributed by atoms with Crippen molar-refractivity contribution in [2.24, 2.45) is 0 Å². The van der Waals surface area contributed by atoms with Crippen LogP contribution in [0.25, 0.3) is 0 Å². The van der Waals surface area contributed by atoms with E-state index in [9.17, 15) is 9.59 Å². The van der Waals surface area contributed by atoms with E-state index in [0.717, 1.165) is 5.56 Å². The number of carbonyl (C=O) groups is 2. The molecule has 0 aliphatic carbocycles. The quantitative estimate of drug-likeness (QED) is 0.852. The van der Waals surface area contributed by atoms with E-state index < -0.39 is 11.8 Å². The van der Waals surface area contributed by atoms with Crippen molar-refractivity contribution < 1.29 is 14.3 Å². The van der Waals surface area contributed by atoms with Gasteiger partial charge >= 0.3 is 11.8 Å². The molecule has 0 aliphatic heterocycles. The van der Waals surface area contributed by atoms with E-state index >= 15 is 0 Å². The molecule has 0 bridgehead atoms. The van der Waals surface area contributed by atoms with Crippen LogP contribution < -0.4 is 15.4 Å². The van der Waals surface area contributed by atoms with Crippen molar-refractivity contribution >= 4 is 29.1 Å². The number of rotatable bonds is 4. The third kappa shape index (κ3) is 4.23. The number of ether oxygens (including phenoxy) is 1. The van der Waals surface area contributed by atoms with Crippen LogP contribution in [-0.2, 0) is 16.1 Å². The first-order valence-electron chi connectivity index (χ1n) is 6.57. The summed E-state index contributed by atoms with van der Waals surface area (Å²) < 4.78 is 5.09. The van der Waals surface area contributed by atoms with Crippen molar-refractivity contribution in [3.8, 4) is 5.75 Å². The SMILES string of the molecule is COc1cccc(CNC(=O)C(=O)Nc2ccccc2Cl)c1. The molecule has 5 nitrogen and oxygen atoms in total. The maximum Gasteiger partial charge on any atom is 0.313 e. The van der Waals surface area contributed by atoms with Crippen molar-refractivity contribution in [2.45, 2.75) is 6.54 Å². The number of benzene rings is 2. The largest absolute Gasteiger partial charge is 0.497 e. The Morgan fingerprint density at radius 3 is 2.59 bits per heavy atom. The summed E-state index contributed by atoms with van der Waals surface area (Å²) in [4.78, 5) is 23.6. The standard InChI is InChI=1S/C16H15ClN2O3/c1-22-12-6-4-5-11(9-12)10-18-15(20)16(21)19-14-8-3-2-7-13(14)17/h2-9H,10H2,1H3,(H,18,20)(H,19,21). The lowest BCUT2D eigenvalue weighted by atomic mass is 10.2. The molecule has 0 spiro atoms. The molecule has 0 saturated heterocycles. The molecule has 2 aromatic rings. The van der Waals surface area contributed by atoms with Crippen LogP contribution in [0.3, 0.4) is 0 Å². The Bertz CT molecular complexity index is 689. The molecule has 2 amide bonds. The second kappa shape index (κ2) is 7.47. The molecule has 6 heteroatoms. The summed E-state index contributed by atoms with van der Waals surface area (Å²) in [6, 6.07) is 13.9. The zero-order valence-corrected chi connectivity index (χ0v) is 12.7. The van der Waals surface area contributed by atoms with Crippen LogP contribution in [0.4, 0.5) is 5.69 Å². The van der Waals surface area contributed by atoms with Crippen molar-refractivity contribution in [1.29, 1.82) is 0 Å². The summed E-state index contributed by atoms with van der Waals surface area (Å²) in [5, 5.41) is 5.37. The predicted molar refractivity (Wildman–Crippen MR) is 84.9 cm³/mol. The summed E-state index contributed by atoms with van der Waals surface area (Å²) in [7, 11) is 1.56. The van der Waals surface area contributed by atoms with E-state index in [4.69, 9.17) is 16.3 Å². The number of hydrogen-bond acceptors (Lipinski definition) is 3. The van der Waals surface area contributed by atoms with Crippen molar-refractivity contribution in [3.63, 3.8) is 0 Å². The number of hydrogen-bond donors (Lipinski definition) is 2. The molecular weight excluding hydrogens is 304 g/mol. The number of carbonyl (C=O) groups excluding carboxylic acids is 2. The second-order valence-corrected chi connectivity index (χ2v) is 4.88. The fourth-order valence-corrected chi connectivity index (χ4v) is 1.97. The highest BCUT2D eigenvalue weighted by molar-refractivity contribution is 6.41. The molecule has 2 rings (SSSR count). The molecule has 0 heterocycles. The molecule has 0 radical (unpaired) electrons. The molecule has 2 N–H and O–H groups in total. The Labute approximate surface area is 133 Å². The number of para-hydroxylation sites is 1. The lowest BCUT2D eigenvalue weighted by Gasteiger charge is -2.08. The fraction of sp³-hybridized carbons (Fsp3) is 0.125. The molecule has 22 heavy (non-hydrogen) atoms.